The van der Waals surface area contributed by atoms with Crippen molar-refractivity contribution in [3.63, 3.8) is 0 Å². The van der Waals surface area contributed by atoms with E-state index in [4.69, 9.17) is 0 Å². The van der Waals surface area contributed by atoms with Gasteiger partial charge < -0.3 is 10.2 Å². The Morgan fingerprint density at radius 3 is 2.34 bits per heavy atom. The number of carbonyl (C=O) groups is 1. The zero-order valence-electron chi connectivity index (χ0n) is 17.3. The van der Waals surface area contributed by atoms with Crippen LogP contribution in [0.4, 0.5) is 10.5 Å². The van der Waals surface area contributed by atoms with Crippen molar-refractivity contribution in [2.75, 3.05) is 32.0 Å². The fourth-order valence-electron chi connectivity index (χ4n) is 5.62. The molecule has 7 nitrogen and oxygen atoms in total. The maximum absolute atomic E-state index is 12.8. The monoisotopic (exact) mass is 443 g/mol. The number of nitrogens with one attached hydrogen (secondary N) is 2. The summed E-state index contributed by atoms with van der Waals surface area (Å²) < 4.78 is 29.2. The minimum absolute atomic E-state index is 0. The topological polar surface area (TPSA) is 81.8 Å². The zero-order chi connectivity index (χ0) is 19.5. The van der Waals surface area contributed by atoms with E-state index in [9.17, 15) is 13.2 Å². The minimum atomic E-state index is -3.83. The van der Waals surface area contributed by atoms with Crippen LogP contribution in [0.15, 0.2) is 6.07 Å². The first-order valence-corrected chi connectivity index (χ1v) is 11.8. The number of likely N-dealkylation sites (N-methyl/N-ethyl adjacent to an activating group) is 1. The van der Waals surface area contributed by atoms with Crippen LogP contribution in [0.1, 0.15) is 41.5 Å². The van der Waals surface area contributed by atoms with Gasteiger partial charge in [-0.2, -0.15) is 12.7 Å². The Morgan fingerprint density at radius 1 is 1.07 bits per heavy atom. The van der Waals surface area contributed by atoms with Gasteiger partial charge in [0, 0.05) is 76.2 Å². The van der Waals surface area contributed by atoms with Crippen LogP contribution in [0.3, 0.4) is 0 Å². The fourth-order valence-corrected chi connectivity index (χ4v) is 6.77. The van der Waals surface area contributed by atoms with Crippen LogP contribution >= 0.6 is 0 Å². The maximum Gasteiger partial charge on any atom is 0.333 e. The summed E-state index contributed by atoms with van der Waals surface area (Å²) in [5, 5.41) is 2.92. The van der Waals surface area contributed by atoms with Crippen molar-refractivity contribution in [3.05, 3.63) is 28.3 Å². The Balaban J connectivity index is 0.00000205. The molecule has 1 radical (unpaired) electrons. The largest absolute Gasteiger partial charge is 0.333 e. The number of anilines is 1. The summed E-state index contributed by atoms with van der Waals surface area (Å²) in [6.45, 7) is 1.97. The predicted molar refractivity (Wildman–Crippen MR) is 113 cm³/mol. The number of likely N-dealkylation sites (tertiary alicyclic amines) is 1. The summed E-state index contributed by atoms with van der Waals surface area (Å²) in [5.41, 5.74) is 5.90. The molecule has 2 unspecified atom stereocenters. The van der Waals surface area contributed by atoms with Crippen LogP contribution in [0.25, 0.3) is 0 Å². The number of benzene rings is 1. The molecule has 0 bridgehead atoms. The van der Waals surface area contributed by atoms with Gasteiger partial charge in [0.25, 0.3) is 0 Å². The molecule has 2 fully saturated rings. The van der Waals surface area contributed by atoms with Crippen molar-refractivity contribution in [2.45, 2.75) is 51.0 Å². The molecule has 2 aliphatic carbocycles. The summed E-state index contributed by atoms with van der Waals surface area (Å²) >= 11 is 0. The van der Waals surface area contributed by atoms with Crippen LogP contribution in [0.2, 0.25) is 0 Å². The van der Waals surface area contributed by atoms with Crippen molar-refractivity contribution < 1.29 is 13.2 Å². The Bertz CT molecular complexity index is 904. The number of rotatable bonds is 3. The van der Waals surface area contributed by atoms with Crippen LogP contribution in [0.5, 0.6) is 0 Å². The molecule has 5 rings (SSSR count). The Labute approximate surface area is 215 Å². The first-order valence-electron chi connectivity index (χ1n) is 10.4. The summed E-state index contributed by atoms with van der Waals surface area (Å²) in [6, 6.07) is 1.92. The van der Waals surface area contributed by atoms with Gasteiger partial charge in [-0.1, -0.05) is 6.07 Å². The first-order chi connectivity index (χ1) is 13.4. The number of urea groups is 1. The predicted octanol–water partition coefficient (Wildman–Crippen LogP) is 1.29. The van der Waals surface area contributed by atoms with Gasteiger partial charge >= 0.3 is 16.2 Å². The number of nitrogens with zero attached hydrogens (tertiary/aromatic N) is 2. The van der Waals surface area contributed by atoms with Gasteiger partial charge in [0.2, 0.25) is 0 Å². The first kappa shape index (κ1) is 22.2. The van der Waals surface area contributed by atoms with Gasteiger partial charge in [-0.15, -0.1) is 0 Å². The molecule has 4 aliphatic rings. The second kappa shape index (κ2) is 8.50. The second-order valence-electron chi connectivity index (χ2n) is 8.71. The Kier molecular flexibility index (Phi) is 6.51. The van der Waals surface area contributed by atoms with Crippen molar-refractivity contribution in [2.24, 2.45) is 5.92 Å². The number of fused-ring (bicyclic) bond motifs is 3. The number of amides is 2. The molecule has 0 spiro atoms. The van der Waals surface area contributed by atoms with Gasteiger partial charge in [0.15, 0.2) is 0 Å². The van der Waals surface area contributed by atoms with Gasteiger partial charge in [-0.3, -0.25) is 0 Å². The van der Waals surface area contributed by atoms with Crippen LogP contribution in [0, 0.1) is 5.92 Å². The third-order valence-corrected chi connectivity index (χ3v) is 8.49. The van der Waals surface area contributed by atoms with E-state index in [2.05, 4.69) is 21.0 Å². The summed E-state index contributed by atoms with van der Waals surface area (Å²) in [6.07, 6.45) is 7.19. The van der Waals surface area contributed by atoms with Crippen molar-refractivity contribution in [1.82, 2.24) is 13.9 Å². The Morgan fingerprint density at radius 2 is 1.72 bits per heavy atom. The molecular weight excluding hydrogens is 415 g/mol. The van der Waals surface area contributed by atoms with E-state index in [0.29, 0.717) is 19.0 Å². The Hall–Kier alpha value is -0.00364. The number of aryl methyl sites for hydroxylation is 2. The molecule has 29 heavy (non-hydrogen) atoms. The standard InChI is InChI=1S/C20H28N4O3S.K/c1-23-9-8-15-11-24(12-18(15)23)28(26,27)22-20(25)21-19-16-6-2-4-13(16)10-14-5-3-7-17(14)19;/h10,15,18H,2-9,11-12H2,1H3,(H2,21,22,25);. The van der Waals surface area contributed by atoms with Crippen molar-refractivity contribution in [1.29, 1.82) is 0 Å². The molecule has 0 saturated carbocycles. The maximum atomic E-state index is 12.8. The molecule has 2 N–H and O–H groups in total. The average Bonchev–Trinajstić information content (AvgIpc) is 3.39. The van der Waals surface area contributed by atoms with Gasteiger partial charge in [0.05, 0.1) is 0 Å². The molecule has 2 atom stereocenters. The van der Waals surface area contributed by atoms with Crippen molar-refractivity contribution >= 4 is 73.3 Å². The SMILES string of the molecule is CN1CCC2CN(S(=O)(=O)NC(=O)Nc3c4c(cc5c3CCC5)CCC4)CC21.[K]. The van der Waals surface area contributed by atoms with E-state index in [-0.39, 0.29) is 57.4 Å². The molecule has 0 aromatic heterocycles. The summed E-state index contributed by atoms with van der Waals surface area (Å²) in [5.74, 6) is 0.366. The van der Waals surface area contributed by atoms with E-state index < -0.39 is 16.2 Å². The summed E-state index contributed by atoms with van der Waals surface area (Å²) in [4.78, 5) is 14.9. The molecule has 153 valence electrons. The minimum Gasteiger partial charge on any atom is -0.307 e. The average molecular weight is 444 g/mol. The van der Waals surface area contributed by atoms with Crippen LogP contribution < -0.4 is 10.0 Å². The zero-order valence-corrected chi connectivity index (χ0v) is 21.3. The molecule has 2 heterocycles. The third-order valence-electron chi connectivity index (χ3n) is 7.06. The quantitative estimate of drug-likeness (QED) is 0.690. The molecule has 1 aromatic rings. The van der Waals surface area contributed by atoms with Crippen LogP contribution in [-0.4, -0.2) is 108 Å². The number of hydrogen-bond donors (Lipinski definition) is 2. The van der Waals surface area contributed by atoms with Gasteiger partial charge in [0.1, 0.15) is 0 Å². The van der Waals surface area contributed by atoms with E-state index >= 15 is 0 Å². The van der Waals surface area contributed by atoms with Crippen molar-refractivity contribution in [3.8, 4) is 0 Å². The van der Waals surface area contributed by atoms with E-state index in [1.165, 1.54) is 26.6 Å². The fraction of sp³-hybridized carbons (Fsp3) is 0.650. The molecule has 2 amide bonds. The molecule has 2 aliphatic heterocycles. The van der Waals surface area contributed by atoms with Crippen LogP contribution in [-0.2, 0) is 35.9 Å². The van der Waals surface area contributed by atoms with E-state index in [1.807, 2.05) is 7.05 Å². The second-order valence-corrected chi connectivity index (χ2v) is 10.4. The molecule has 2 saturated heterocycles. The normalized spacial score (nSPS) is 26.0. The van der Waals surface area contributed by atoms with E-state index in [0.717, 1.165) is 57.2 Å². The smallest absolute Gasteiger partial charge is 0.307 e. The number of hydrogen-bond acceptors (Lipinski definition) is 4. The molecule has 9 heteroatoms. The summed E-state index contributed by atoms with van der Waals surface area (Å²) in [7, 11) is -1.79. The van der Waals surface area contributed by atoms with Gasteiger partial charge in [-0.25, -0.2) is 9.52 Å². The molecule has 1 aromatic carbocycles. The third kappa shape index (κ3) is 4.09. The number of carbonyl (C=O) groups excluding carboxylic acids is 1. The molecular formula is C20H28KN4O3S. The van der Waals surface area contributed by atoms with E-state index in [1.54, 1.807) is 0 Å². The van der Waals surface area contributed by atoms with Gasteiger partial charge in [-0.05, 0) is 86.7 Å².